The minimum absolute atomic E-state index is 0.668. The Balaban J connectivity index is 0.00000101. The zero-order valence-electron chi connectivity index (χ0n) is 22.4. The highest BCUT2D eigenvalue weighted by Gasteiger charge is 2.03. The molecule has 4 rings (SSSR count). The lowest BCUT2D eigenvalue weighted by atomic mass is 9.97. The van der Waals surface area contributed by atoms with Crippen LogP contribution in [0.1, 0.15) is 84.5 Å². The third-order valence-electron chi connectivity index (χ3n) is 5.05. The highest BCUT2D eigenvalue weighted by atomic mass is 16.1. The lowest BCUT2D eigenvalue weighted by molar-refractivity contribution is 0.111. The number of rotatable bonds is 6. The number of benzene rings is 4. The largest absolute Gasteiger partial charge is 0.298 e. The summed E-state index contributed by atoms with van der Waals surface area (Å²) in [5.74, 6) is 0. The standard InChI is InChI=1S/C28H20O2.3C2H6/c29-19-23-9-5-21(6-10-23)13-15-26-17-16-25-3-1-2-4-27(25)28(26)18-14-22-7-11-24(20-30)12-8-22;3*1-2/h1-20H;3*1-2H3/b15-13-,18-14-;;;. The minimum Gasteiger partial charge on any atom is -0.298 e. The molecule has 0 saturated heterocycles. The molecule has 0 radical (unpaired) electrons. The van der Waals surface area contributed by atoms with Gasteiger partial charge in [0.25, 0.3) is 0 Å². The van der Waals surface area contributed by atoms with Gasteiger partial charge in [0.2, 0.25) is 0 Å². The quantitative estimate of drug-likeness (QED) is 0.204. The summed E-state index contributed by atoms with van der Waals surface area (Å²) in [5.41, 5.74) is 5.65. The van der Waals surface area contributed by atoms with Crippen LogP contribution in [0.25, 0.3) is 35.1 Å². The molecular weight excluding hydrogens is 440 g/mol. The maximum atomic E-state index is 10.9. The van der Waals surface area contributed by atoms with E-state index in [2.05, 4.69) is 48.6 Å². The molecule has 2 nitrogen and oxygen atoms in total. The third kappa shape index (κ3) is 8.63. The lowest BCUT2D eigenvalue weighted by Gasteiger charge is -2.07. The van der Waals surface area contributed by atoms with Gasteiger partial charge in [0, 0.05) is 11.1 Å². The molecule has 186 valence electrons. The van der Waals surface area contributed by atoms with Gasteiger partial charge in [-0.2, -0.15) is 0 Å². The molecule has 0 aromatic heterocycles. The van der Waals surface area contributed by atoms with E-state index in [0.717, 1.165) is 34.8 Å². The van der Waals surface area contributed by atoms with Gasteiger partial charge in [0.1, 0.15) is 12.6 Å². The van der Waals surface area contributed by atoms with E-state index in [0.29, 0.717) is 11.1 Å². The van der Waals surface area contributed by atoms with E-state index in [4.69, 9.17) is 0 Å². The zero-order chi connectivity index (χ0) is 26.8. The van der Waals surface area contributed by atoms with Crippen LogP contribution in [0.4, 0.5) is 0 Å². The van der Waals surface area contributed by atoms with Crippen LogP contribution in [-0.4, -0.2) is 12.6 Å². The summed E-state index contributed by atoms with van der Waals surface area (Å²) >= 11 is 0. The van der Waals surface area contributed by atoms with Gasteiger partial charge in [-0.3, -0.25) is 9.59 Å². The molecule has 0 atom stereocenters. The van der Waals surface area contributed by atoms with E-state index in [-0.39, 0.29) is 0 Å². The average Bonchev–Trinajstić information content (AvgIpc) is 2.98. The molecule has 4 aromatic rings. The molecule has 0 N–H and O–H groups in total. The summed E-state index contributed by atoms with van der Waals surface area (Å²) in [4.78, 5) is 21.7. The van der Waals surface area contributed by atoms with Crippen LogP contribution in [0, 0.1) is 0 Å². The Hall–Kier alpha value is -4.04. The van der Waals surface area contributed by atoms with Gasteiger partial charge in [-0.25, -0.2) is 0 Å². The highest BCUT2D eigenvalue weighted by molar-refractivity contribution is 5.97. The fourth-order valence-electron chi connectivity index (χ4n) is 3.38. The van der Waals surface area contributed by atoms with Gasteiger partial charge in [-0.15, -0.1) is 0 Å². The summed E-state index contributed by atoms with van der Waals surface area (Å²) < 4.78 is 0. The van der Waals surface area contributed by atoms with Crippen molar-refractivity contribution in [2.45, 2.75) is 41.5 Å². The summed E-state index contributed by atoms with van der Waals surface area (Å²) in [6, 6.07) is 27.6. The van der Waals surface area contributed by atoms with Crippen molar-refractivity contribution in [3.8, 4) is 0 Å². The summed E-state index contributed by atoms with van der Waals surface area (Å²) in [6.45, 7) is 12.0. The molecule has 0 amide bonds. The van der Waals surface area contributed by atoms with Gasteiger partial charge in [-0.05, 0) is 33.0 Å². The average molecular weight is 479 g/mol. The monoisotopic (exact) mass is 478 g/mol. The van der Waals surface area contributed by atoms with Gasteiger partial charge in [-0.1, -0.05) is 151 Å². The Morgan fingerprint density at radius 1 is 0.444 bits per heavy atom. The van der Waals surface area contributed by atoms with E-state index in [9.17, 15) is 9.59 Å². The maximum Gasteiger partial charge on any atom is 0.150 e. The number of hydrogen-bond acceptors (Lipinski definition) is 2. The van der Waals surface area contributed by atoms with Crippen molar-refractivity contribution in [2.24, 2.45) is 0 Å². The van der Waals surface area contributed by atoms with E-state index in [1.807, 2.05) is 102 Å². The summed E-state index contributed by atoms with van der Waals surface area (Å²) in [6.07, 6.45) is 10.0. The van der Waals surface area contributed by atoms with Gasteiger partial charge in [0.05, 0.1) is 0 Å². The molecule has 0 aliphatic heterocycles. The fourth-order valence-corrected chi connectivity index (χ4v) is 3.38. The van der Waals surface area contributed by atoms with Crippen LogP contribution in [0.15, 0.2) is 84.9 Å². The Kier molecular flexibility index (Phi) is 14.5. The first kappa shape index (κ1) is 30.0. The Labute approximate surface area is 217 Å². The lowest BCUT2D eigenvalue weighted by Crippen LogP contribution is -1.85. The molecule has 0 heterocycles. The van der Waals surface area contributed by atoms with Crippen LogP contribution in [0.2, 0.25) is 0 Å². The van der Waals surface area contributed by atoms with E-state index >= 15 is 0 Å². The molecule has 0 aliphatic carbocycles. The van der Waals surface area contributed by atoms with Crippen molar-refractivity contribution in [3.63, 3.8) is 0 Å². The van der Waals surface area contributed by atoms with Gasteiger partial charge >= 0.3 is 0 Å². The minimum atomic E-state index is 0.668. The SMILES string of the molecule is CC.CC.CC.O=Cc1ccc(/C=C\c2ccc3ccccc3c2/C=C\c2ccc(C=O)cc2)cc1. The molecule has 36 heavy (non-hydrogen) atoms. The number of carbonyl (C=O) groups excluding carboxylic acids is 2. The molecule has 0 aliphatic rings. The summed E-state index contributed by atoms with van der Waals surface area (Å²) in [7, 11) is 0. The van der Waals surface area contributed by atoms with Crippen molar-refractivity contribution in [3.05, 3.63) is 118 Å². The molecule has 2 heteroatoms. The molecule has 0 bridgehead atoms. The number of aldehydes is 2. The normalized spacial score (nSPS) is 9.94. The Morgan fingerprint density at radius 2 is 0.889 bits per heavy atom. The molecular formula is C34H38O2. The van der Waals surface area contributed by atoms with Crippen molar-refractivity contribution < 1.29 is 9.59 Å². The van der Waals surface area contributed by atoms with Crippen LogP contribution >= 0.6 is 0 Å². The van der Waals surface area contributed by atoms with E-state index in [1.54, 1.807) is 0 Å². The first-order valence-electron chi connectivity index (χ1n) is 12.8. The number of hydrogen-bond donors (Lipinski definition) is 0. The number of fused-ring (bicyclic) bond motifs is 1. The van der Waals surface area contributed by atoms with Crippen molar-refractivity contribution >= 4 is 47.6 Å². The van der Waals surface area contributed by atoms with Crippen molar-refractivity contribution in [1.29, 1.82) is 0 Å². The second kappa shape index (κ2) is 17.4. The Bertz CT molecular complexity index is 1240. The topological polar surface area (TPSA) is 34.1 Å². The van der Waals surface area contributed by atoms with E-state index in [1.165, 1.54) is 10.8 Å². The molecule has 0 spiro atoms. The predicted octanol–water partition coefficient (Wildman–Crippen LogP) is 9.88. The second-order valence-electron chi connectivity index (χ2n) is 7.03. The third-order valence-corrected chi connectivity index (χ3v) is 5.05. The molecule has 0 saturated carbocycles. The van der Waals surface area contributed by atoms with Crippen molar-refractivity contribution in [1.82, 2.24) is 0 Å². The molecule has 0 unspecified atom stereocenters. The number of carbonyl (C=O) groups is 2. The van der Waals surface area contributed by atoms with Crippen LogP contribution in [-0.2, 0) is 0 Å². The van der Waals surface area contributed by atoms with Crippen LogP contribution in [0.3, 0.4) is 0 Å². The molecule has 4 aromatic carbocycles. The first-order valence-corrected chi connectivity index (χ1v) is 12.8. The molecule has 0 fully saturated rings. The second-order valence-corrected chi connectivity index (χ2v) is 7.03. The van der Waals surface area contributed by atoms with Gasteiger partial charge in [0.15, 0.2) is 0 Å². The maximum absolute atomic E-state index is 10.9. The Morgan fingerprint density at radius 3 is 1.39 bits per heavy atom. The van der Waals surface area contributed by atoms with Crippen molar-refractivity contribution in [2.75, 3.05) is 0 Å². The van der Waals surface area contributed by atoms with E-state index < -0.39 is 0 Å². The predicted molar refractivity (Wildman–Crippen MR) is 160 cm³/mol. The highest BCUT2D eigenvalue weighted by Crippen LogP contribution is 2.26. The zero-order valence-corrected chi connectivity index (χ0v) is 22.4. The fraction of sp³-hybridized carbons (Fsp3) is 0.176. The van der Waals surface area contributed by atoms with Crippen LogP contribution < -0.4 is 0 Å². The van der Waals surface area contributed by atoms with Crippen LogP contribution in [0.5, 0.6) is 0 Å². The van der Waals surface area contributed by atoms with Gasteiger partial charge < -0.3 is 0 Å². The smallest absolute Gasteiger partial charge is 0.150 e. The summed E-state index contributed by atoms with van der Waals surface area (Å²) in [5, 5.41) is 2.36. The first-order chi connectivity index (χ1) is 17.8.